The molecule has 6 rings (SSSR count). The molecule has 2 aromatic heterocycles. The number of aliphatic imine (C=N–C) groups is 1. The van der Waals surface area contributed by atoms with Crippen molar-refractivity contribution in [3.63, 3.8) is 0 Å². The second-order valence-corrected chi connectivity index (χ2v) is 6.60. The first kappa shape index (κ1) is 11.7. The number of rotatable bonds is 1. The highest BCUT2D eigenvalue weighted by atomic mass is 16.3. The number of fused-ring (bicyclic) bond motifs is 3. The van der Waals surface area contributed by atoms with Gasteiger partial charge in [0, 0.05) is 17.1 Å². The average molecular weight is 282 g/mol. The molecular formula is C16H18N4O. The van der Waals surface area contributed by atoms with E-state index in [1.54, 1.807) is 6.26 Å². The average Bonchev–Trinajstić information content (AvgIpc) is 3.15. The second kappa shape index (κ2) is 4.07. The molecular weight excluding hydrogens is 264 g/mol. The van der Waals surface area contributed by atoms with Crippen molar-refractivity contribution in [1.29, 1.82) is 0 Å². The van der Waals surface area contributed by atoms with Crippen molar-refractivity contribution in [2.24, 2.45) is 16.8 Å². The highest BCUT2D eigenvalue weighted by Gasteiger charge is 2.49. The van der Waals surface area contributed by atoms with E-state index in [4.69, 9.17) is 9.41 Å². The Labute approximate surface area is 122 Å². The number of hydrogen-bond donors (Lipinski definition) is 2. The molecule has 3 saturated carbocycles. The zero-order valence-electron chi connectivity index (χ0n) is 11.8. The van der Waals surface area contributed by atoms with E-state index in [1.165, 1.54) is 25.7 Å². The topological polar surface area (TPSA) is 62.5 Å². The van der Waals surface area contributed by atoms with Crippen LogP contribution < -0.4 is 10.9 Å². The molecule has 1 unspecified atom stereocenters. The summed E-state index contributed by atoms with van der Waals surface area (Å²) in [5, 5.41) is 1.02. The van der Waals surface area contributed by atoms with Crippen LogP contribution in [-0.2, 0) is 0 Å². The number of furan rings is 1. The maximum absolute atomic E-state index is 5.30. The summed E-state index contributed by atoms with van der Waals surface area (Å²) in [6.45, 7) is 0. The van der Waals surface area contributed by atoms with Crippen LogP contribution in [0.3, 0.4) is 0 Å². The van der Waals surface area contributed by atoms with E-state index in [0.717, 1.165) is 29.1 Å². The lowest BCUT2D eigenvalue weighted by Gasteiger charge is -2.47. The summed E-state index contributed by atoms with van der Waals surface area (Å²) in [4.78, 5) is 9.40. The first-order valence-electron chi connectivity index (χ1n) is 7.79. The summed E-state index contributed by atoms with van der Waals surface area (Å²) in [5.74, 6) is 2.41. The molecule has 3 aliphatic carbocycles. The number of hydrogen-bond acceptors (Lipinski definition) is 5. The monoisotopic (exact) mass is 282 g/mol. The van der Waals surface area contributed by atoms with E-state index in [1.807, 2.05) is 12.3 Å². The molecule has 0 aromatic carbocycles. The largest absolute Gasteiger partial charge is 0.446 e. The molecule has 5 heteroatoms. The molecule has 2 bridgehead atoms. The summed E-state index contributed by atoms with van der Waals surface area (Å²) in [5.41, 5.74) is 8.41. The standard InChI is InChI=1S/C16H18N4O/c1-3-13-4-2-10(1)8-16(13)18-14(19-20-16)12-7-11-5-6-21-15(11)17-9-12/h5-7,9-10,13,20H,1-4,8H2,(H,18,19). The van der Waals surface area contributed by atoms with Crippen molar-refractivity contribution >= 4 is 16.9 Å². The highest BCUT2D eigenvalue weighted by molar-refractivity contribution is 6.01. The molecule has 21 heavy (non-hydrogen) atoms. The Morgan fingerprint density at radius 2 is 2.14 bits per heavy atom. The quantitative estimate of drug-likeness (QED) is 0.844. The van der Waals surface area contributed by atoms with Crippen LogP contribution in [-0.4, -0.2) is 16.5 Å². The predicted octanol–water partition coefficient (Wildman–Crippen LogP) is 2.59. The number of hydrazine groups is 1. The smallest absolute Gasteiger partial charge is 0.225 e. The molecule has 3 heterocycles. The van der Waals surface area contributed by atoms with Crippen LogP contribution in [0.15, 0.2) is 34.0 Å². The number of nitrogens with zero attached hydrogens (tertiary/aromatic N) is 2. The third-order valence-electron chi connectivity index (χ3n) is 5.41. The van der Waals surface area contributed by atoms with Gasteiger partial charge in [-0.15, -0.1) is 0 Å². The third-order valence-corrected chi connectivity index (χ3v) is 5.41. The summed E-state index contributed by atoms with van der Waals surface area (Å²) >= 11 is 0. The summed E-state index contributed by atoms with van der Waals surface area (Å²) in [6.07, 6.45) is 10.0. The minimum atomic E-state index is -0.0815. The van der Waals surface area contributed by atoms with Crippen molar-refractivity contribution in [3.05, 3.63) is 30.2 Å². The molecule has 4 aliphatic rings. The van der Waals surface area contributed by atoms with Gasteiger partial charge in [-0.05, 0) is 56.1 Å². The van der Waals surface area contributed by atoms with Crippen LogP contribution in [0.1, 0.15) is 37.7 Å². The molecule has 0 saturated heterocycles. The Kier molecular flexibility index (Phi) is 2.28. The van der Waals surface area contributed by atoms with E-state index >= 15 is 0 Å². The van der Waals surface area contributed by atoms with Gasteiger partial charge in [-0.3, -0.25) is 0 Å². The molecule has 0 amide bonds. The van der Waals surface area contributed by atoms with Gasteiger partial charge in [0.25, 0.3) is 0 Å². The van der Waals surface area contributed by atoms with E-state index in [-0.39, 0.29) is 5.66 Å². The summed E-state index contributed by atoms with van der Waals surface area (Å²) in [7, 11) is 0. The summed E-state index contributed by atoms with van der Waals surface area (Å²) < 4.78 is 5.30. The lowest BCUT2D eigenvalue weighted by atomic mass is 9.65. The molecule has 108 valence electrons. The zero-order chi connectivity index (χ0) is 13.9. The van der Waals surface area contributed by atoms with Crippen molar-refractivity contribution in [2.45, 2.75) is 37.8 Å². The molecule has 0 radical (unpaired) electrons. The number of aromatic nitrogens is 1. The van der Waals surface area contributed by atoms with Crippen molar-refractivity contribution in [2.75, 3.05) is 0 Å². The molecule has 2 N–H and O–H groups in total. The first-order chi connectivity index (χ1) is 10.3. The van der Waals surface area contributed by atoms with Crippen molar-refractivity contribution in [1.82, 2.24) is 15.8 Å². The fraction of sp³-hybridized carbons (Fsp3) is 0.500. The Morgan fingerprint density at radius 3 is 2.95 bits per heavy atom. The van der Waals surface area contributed by atoms with Crippen molar-refractivity contribution in [3.8, 4) is 0 Å². The van der Waals surface area contributed by atoms with Gasteiger partial charge < -0.3 is 9.84 Å². The Hall–Kier alpha value is -1.88. The predicted molar refractivity (Wildman–Crippen MR) is 79.6 cm³/mol. The highest BCUT2D eigenvalue weighted by Crippen LogP contribution is 2.48. The first-order valence-corrected chi connectivity index (χ1v) is 7.79. The molecule has 3 fully saturated rings. The van der Waals surface area contributed by atoms with Gasteiger partial charge in [0.05, 0.1) is 6.26 Å². The van der Waals surface area contributed by atoms with E-state index in [0.29, 0.717) is 11.6 Å². The molecule has 1 atom stereocenters. The van der Waals surface area contributed by atoms with Gasteiger partial charge in [0.2, 0.25) is 5.71 Å². The van der Waals surface area contributed by atoms with Crippen LogP contribution >= 0.6 is 0 Å². The van der Waals surface area contributed by atoms with Gasteiger partial charge >= 0.3 is 0 Å². The minimum absolute atomic E-state index is 0.0815. The molecule has 1 spiro atoms. The zero-order valence-corrected chi connectivity index (χ0v) is 11.8. The molecule has 5 nitrogen and oxygen atoms in total. The number of pyridine rings is 1. The van der Waals surface area contributed by atoms with Crippen LogP contribution in [0.25, 0.3) is 11.1 Å². The van der Waals surface area contributed by atoms with Gasteiger partial charge in [-0.1, -0.05) is 0 Å². The Balaban J connectivity index is 1.53. The Morgan fingerprint density at radius 1 is 1.24 bits per heavy atom. The van der Waals surface area contributed by atoms with Gasteiger partial charge in [-0.25, -0.2) is 15.4 Å². The summed E-state index contributed by atoms with van der Waals surface area (Å²) in [6, 6.07) is 4.02. The SMILES string of the molecule is c1cc2cc(C3=NC4(CC5CCC4CC5)NN3)cnc2o1. The van der Waals surface area contributed by atoms with Crippen LogP contribution in [0.2, 0.25) is 0 Å². The number of nitrogens with one attached hydrogen (secondary N) is 2. The molecule has 1 aliphatic heterocycles. The Bertz CT molecular complexity index is 729. The van der Waals surface area contributed by atoms with Gasteiger partial charge in [0.15, 0.2) is 0 Å². The normalized spacial score (nSPS) is 34.4. The van der Waals surface area contributed by atoms with Gasteiger partial charge in [-0.2, -0.15) is 0 Å². The van der Waals surface area contributed by atoms with E-state index < -0.39 is 0 Å². The molecule has 2 aromatic rings. The lowest BCUT2D eigenvalue weighted by molar-refractivity contribution is 0.0506. The third kappa shape index (κ3) is 1.67. The van der Waals surface area contributed by atoms with Crippen LogP contribution in [0.4, 0.5) is 0 Å². The fourth-order valence-corrected chi connectivity index (χ4v) is 4.29. The minimum Gasteiger partial charge on any atom is -0.446 e. The van der Waals surface area contributed by atoms with Crippen LogP contribution in [0.5, 0.6) is 0 Å². The van der Waals surface area contributed by atoms with Gasteiger partial charge in [0.1, 0.15) is 11.5 Å². The fourth-order valence-electron chi connectivity index (χ4n) is 4.29. The van der Waals surface area contributed by atoms with Crippen LogP contribution in [0, 0.1) is 11.8 Å². The van der Waals surface area contributed by atoms with Crippen molar-refractivity contribution < 1.29 is 4.42 Å². The maximum Gasteiger partial charge on any atom is 0.225 e. The maximum atomic E-state index is 5.30. The lowest BCUT2D eigenvalue weighted by Crippen LogP contribution is -2.56. The van der Waals surface area contributed by atoms with E-state index in [9.17, 15) is 0 Å². The van der Waals surface area contributed by atoms with E-state index in [2.05, 4.69) is 21.9 Å². The number of amidine groups is 1. The second-order valence-electron chi connectivity index (χ2n) is 6.60.